The first-order valence-electron chi connectivity index (χ1n) is 6.84. The Hall–Kier alpha value is -2.37. The highest BCUT2D eigenvalue weighted by molar-refractivity contribution is 5.97. The quantitative estimate of drug-likeness (QED) is 0.757. The Labute approximate surface area is 121 Å². The molecule has 0 aromatic heterocycles. The van der Waals surface area contributed by atoms with E-state index < -0.39 is 30.3 Å². The largest absolute Gasteiger partial charge is 0.481 e. The van der Waals surface area contributed by atoms with E-state index in [1.807, 2.05) is 6.07 Å². The van der Waals surface area contributed by atoms with Crippen LogP contribution in [0.2, 0.25) is 0 Å². The van der Waals surface area contributed by atoms with E-state index in [1.54, 1.807) is 12.1 Å². The van der Waals surface area contributed by atoms with E-state index in [4.69, 9.17) is 10.2 Å². The zero-order valence-electron chi connectivity index (χ0n) is 11.5. The van der Waals surface area contributed by atoms with Crippen molar-refractivity contribution in [2.45, 2.75) is 38.1 Å². The van der Waals surface area contributed by atoms with E-state index in [2.05, 4.69) is 5.32 Å². The van der Waals surface area contributed by atoms with E-state index in [1.165, 1.54) is 5.56 Å². The third kappa shape index (κ3) is 3.81. The maximum Gasteiger partial charge on any atom is 0.326 e. The number of carboxylic acid groups (broad SMARTS) is 2. The first-order chi connectivity index (χ1) is 9.97. The predicted octanol–water partition coefficient (Wildman–Crippen LogP) is 1.22. The molecule has 0 fully saturated rings. The molecule has 112 valence electrons. The normalized spacial score (nSPS) is 14.9. The van der Waals surface area contributed by atoms with Crippen LogP contribution >= 0.6 is 0 Å². The van der Waals surface area contributed by atoms with E-state index in [-0.39, 0.29) is 0 Å². The SMILES string of the molecule is O=C(O)CC(NC(=O)c1ccc2c(c1)CCCC2)C(=O)O. The lowest BCUT2D eigenvalue weighted by atomic mass is 9.90. The second-order valence-electron chi connectivity index (χ2n) is 5.15. The van der Waals surface area contributed by atoms with E-state index in [0.717, 1.165) is 31.2 Å². The molecule has 0 heterocycles. The van der Waals surface area contributed by atoms with Crippen LogP contribution < -0.4 is 5.32 Å². The van der Waals surface area contributed by atoms with Crippen LogP contribution in [0.3, 0.4) is 0 Å². The average Bonchev–Trinajstić information content (AvgIpc) is 2.45. The minimum Gasteiger partial charge on any atom is -0.481 e. The van der Waals surface area contributed by atoms with Crippen molar-refractivity contribution >= 4 is 17.8 Å². The first-order valence-corrected chi connectivity index (χ1v) is 6.84. The van der Waals surface area contributed by atoms with Crippen LogP contribution in [0.25, 0.3) is 0 Å². The smallest absolute Gasteiger partial charge is 0.326 e. The van der Waals surface area contributed by atoms with Gasteiger partial charge in [-0.1, -0.05) is 6.07 Å². The topological polar surface area (TPSA) is 104 Å². The van der Waals surface area contributed by atoms with Crippen molar-refractivity contribution in [3.8, 4) is 0 Å². The molecule has 0 radical (unpaired) electrons. The third-order valence-electron chi connectivity index (χ3n) is 3.59. The maximum atomic E-state index is 12.1. The summed E-state index contributed by atoms with van der Waals surface area (Å²) >= 11 is 0. The Kier molecular flexibility index (Phi) is 4.57. The summed E-state index contributed by atoms with van der Waals surface area (Å²) in [5, 5.41) is 19.8. The summed E-state index contributed by atoms with van der Waals surface area (Å²) in [5.74, 6) is -3.19. The Balaban J connectivity index is 2.12. The molecule has 0 saturated carbocycles. The van der Waals surface area contributed by atoms with Gasteiger partial charge in [0.1, 0.15) is 6.04 Å². The predicted molar refractivity (Wildman–Crippen MR) is 74.2 cm³/mol. The van der Waals surface area contributed by atoms with Crippen molar-refractivity contribution in [2.24, 2.45) is 0 Å². The van der Waals surface area contributed by atoms with E-state index in [0.29, 0.717) is 5.56 Å². The van der Waals surface area contributed by atoms with E-state index in [9.17, 15) is 14.4 Å². The summed E-state index contributed by atoms with van der Waals surface area (Å²) in [5.41, 5.74) is 2.70. The zero-order valence-corrected chi connectivity index (χ0v) is 11.5. The van der Waals surface area contributed by atoms with Gasteiger partial charge in [-0.25, -0.2) is 4.79 Å². The lowest BCUT2D eigenvalue weighted by molar-refractivity contribution is -0.145. The molecule has 1 aromatic rings. The molecule has 3 N–H and O–H groups in total. The molecule has 6 heteroatoms. The lowest BCUT2D eigenvalue weighted by Gasteiger charge is -2.17. The van der Waals surface area contributed by atoms with Crippen molar-refractivity contribution in [3.05, 3.63) is 34.9 Å². The van der Waals surface area contributed by atoms with Crippen molar-refractivity contribution in [1.29, 1.82) is 0 Å². The monoisotopic (exact) mass is 291 g/mol. The van der Waals surface area contributed by atoms with Crippen molar-refractivity contribution in [3.63, 3.8) is 0 Å². The highest BCUT2D eigenvalue weighted by atomic mass is 16.4. The first kappa shape index (κ1) is 15.0. The standard InChI is InChI=1S/C15H17NO5/c17-13(18)8-12(15(20)21)16-14(19)11-6-5-9-3-1-2-4-10(9)7-11/h5-7,12H,1-4,8H2,(H,16,19)(H,17,18)(H,20,21). The number of carbonyl (C=O) groups excluding carboxylic acids is 1. The highest BCUT2D eigenvalue weighted by Gasteiger charge is 2.24. The van der Waals surface area contributed by atoms with Gasteiger partial charge in [0.2, 0.25) is 0 Å². The summed E-state index contributed by atoms with van der Waals surface area (Å²) in [7, 11) is 0. The Morgan fingerprint density at radius 1 is 1.10 bits per heavy atom. The minimum absolute atomic E-state index is 0.368. The molecule has 2 rings (SSSR count). The van der Waals surface area contributed by atoms with Gasteiger partial charge in [0.15, 0.2) is 0 Å². The van der Waals surface area contributed by atoms with Crippen LogP contribution in [-0.2, 0) is 22.4 Å². The van der Waals surface area contributed by atoms with Crippen LogP contribution in [0.5, 0.6) is 0 Å². The second kappa shape index (κ2) is 6.39. The number of rotatable bonds is 5. The maximum absolute atomic E-state index is 12.1. The number of hydrogen-bond acceptors (Lipinski definition) is 3. The Morgan fingerprint density at radius 2 is 1.76 bits per heavy atom. The molecule has 1 aliphatic rings. The van der Waals surface area contributed by atoms with Gasteiger partial charge in [-0.2, -0.15) is 0 Å². The Bertz CT molecular complexity index is 581. The molecule has 1 unspecified atom stereocenters. The molecule has 21 heavy (non-hydrogen) atoms. The zero-order chi connectivity index (χ0) is 15.4. The molecule has 1 aliphatic carbocycles. The van der Waals surface area contributed by atoms with Gasteiger partial charge >= 0.3 is 11.9 Å². The summed E-state index contributed by atoms with van der Waals surface area (Å²) in [6.45, 7) is 0. The number of carboxylic acids is 2. The van der Waals surface area contributed by atoms with E-state index >= 15 is 0 Å². The molecule has 0 spiro atoms. The number of amides is 1. The molecular weight excluding hydrogens is 274 g/mol. The summed E-state index contributed by atoms with van der Waals surface area (Å²) in [4.78, 5) is 33.6. The molecule has 1 aromatic carbocycles. The van der Waals surface area contributed by atoms with Crippen LogP contribution in [0.15, 0.2) is 18.2 Å². The number of aliphatic carboxylic acids is 2. The molecule has 6 nitrogen and oxygen atoms in total. The summed E-state index contributed by atoms with van der Waals surface area (Å²) < 4.78 is 0. The average molecular weight is 291 g/mol. The number of benzene rings is 1. The minimum atomic E-state index is -1.42. The van der Waals surface area contributed by atoms with Crippen LogP contribution in [0, 0.1) is 0 Å². The van der Waals surface area contributed by atoms with Gasteiger partial charge < -0.3 is 15.5 Å². The van der Waals surface area contributed by atoms with Crippen LogP contribution in [0.1, 0.15) is 40.7 Å². The summed E-state index contributed by atoms with van der Waals surface area (Å²) in [6, 6.07) is 3.88. The lowest BCUT2D eigenvalue weighted by Crippen LogP contribution is -2.42. The number of fused-ring (bicyclic) bond motifs is 1. The summed E-state index contributed by atoms with van der Waals surface area (Å²) in [6.07, 6.45) is 3.47. The van der Waals surface area contributed by atoms with Gasteiger partial charge in [0.05, 0.1) is 6.42 Å². The molecule has 0 bridgehead atoms. The molecule has 1 amide bonds. The van der Waals surface area contributed by atoms with Crippen molar-refractivity contribution in [1.82, 2.24) is 5.32 Å². The number of nitrogens with one attached hydrogen (secondary N) is 1. The fraction of sp³-hybridized carbons (Fsp3) is 0.400. The number of carbonyl (C=O) groups is 3. The van der Waals surface area contributed by atoms with Crippen LogP contribution in [0.4, 0.5) is 0 Å². The van der Waals surface area contributed by atoms with Gasteiger partial charge in [-0.3, -0.25) is 9.59 Å². The van der Waals surface area contributed by atoms with Gasteiger partial charge in [-0.05, 0) is 48.9 Å². The number of hydrogen-bond donors (Lipinski definition) is 3. The van der Waals surface area contributed by atoms with Crippen LogP contribution in [-0.4, -0.2) is 34.1 Å². The molecule has 1 atom stereocenters. The second-order valence-corrected chi connectivity index (χ2v) is 5.15. The van der Waals surface area contributed by atoms with Gasteiger partial charge in [-0.15, -0.1) is 0 Å². The highest BCUT2D eigenvalue weighted by Crippen LogP contribution is 2.22. The molecular formula is C15H17NO5. The molecule has 0 saturated heterocycles. The van der Waals surface area contributed by atoms with Gasteiger partial charge in [0, 0.05) is 5.56 Å². The fourth-order valence-electron chi connectivity index (χ4n) is 2.49. The third-order valence-corrected chi connectivity index (χ3v) is 3.59. The molecule has 0 aliphatic heterocycles. The fourth-order valence-corrected chi connectivity index (χ4v) is 2.49. The Morgan fingerprint density at radius 3 is 2.38 bits per heavy atom. The number of aryl methyl sites for hydroxylation is 2. The van der Waals surface area contributed by atoms with Gasteiger partial charge in [0.25, 0.3) is 5.91 Å². The van der Waals surface area contributed by atoms with Crippen molar-refractivity contribution in [2.75, 3.05) is 0 Å². The van der Waals surface area contributed by atoms with Crippen molar-refractivity contribution < 1.29 is 24.6 Å².